The highest BCUT2D eigenvalue weighted by atomic mass is 32.2. The Morgan fingerprint density at radius 1 is 1.03 bits per heavy atom. The van der Waals surface area contributed by atoms with Gasteiger partial charge in [-0.15, -0.1) is 0 Å². The molecule has 0 bridgehead atoms. The van der Waals surface area contributed by atoms with Gasteiger partial charge in [-0.1, -0.05) is 11.2 Å². The molecule has 2 heterocycles. The Morgan fingerprint density at radius 3 is 2.27 bits per heavy atom. The summed E-state index contributed by atoms with van der Waals surface area (Å²) >= 11 is 0. The predicted molar refractivity (Wildman–Crippen MR) is 106 cm³/mol. The Kier molecular flexibility index (Phi) is 5.81. The lowest BCUT2D eigenvalue weighted by Gasteiger charge is -2.19. The lowest BCUT2D eigenvalue weighted by atomic mass is 9.93. The highest BCUT2D eigenvalue weighted by molar-refractivity contribution is 7.88. The molecule has 2 aromatic carbocycles. The summed E-state index contributed by atoms with van der Waals surface area (Å²) in [5, 5.41) is 3.68. The van der Waals surface area contributed by atoms with Gasteiger partial charge in [-0.05, 0) is 24.3 Å². The molecular formula is C20H17F6N3O3S. The Balaban J connectivity index is 1.64. The van der Waals surface area contributed by atoms with Crippen LogP contribution in [0.3, 0.4) is 0 Å². The molecule has 0 saturated carbocycles. The zero-order chi connectivity index (χ0) is 24.1. The van der Waals surface area contributed by atoms with E-state index in [9.17, 15) is 34.8 Å². The van der Waals surface area contributed by atoms with Crippen LogP contribution in [-0.2, 0) is 14.9 Å². The van der Waals surface area contributed by atoms with E-state index in [4.69, 9.17) is 4.84 Å². The van der Waals surface area contributed by atoms with Gasteiger partial charge >= 0.3 is 0 Å². The summed E-state index contributed by atoms with van der Waals surface area (Å²) in [4.78, 5) is 6.22. The zero-order valence-electron chi connectivity index (χ0n) is 17.0. The summed E-state index contributed by atoms with van der Waals surface area (Å²) in [6.07, 6.45) is -0.931. The summed E-state index contributed by atoms with van der Waals surface area (Å²) in [6.45, 7) is -1.34. The van der Waals surface area contributed by atoms with Crippen molar-refractivity contribution < 1.29 is 39.6 Å². The van der Waals surface area contributed by atoms with Crippen LogP contribution < -0.4 is 4.72 Å². The largest absolute Gasteiger partial charge is 0.386 e. The maximum Gasteiger partial charge on any atom is 0.282 e. The third-order valence-corrected chi connectivity index (χ3v) is 6.08. The van der Waals surface area contributed by atoms with Crippen LogP contribution in [0.4, 0.5) is 26.3 Å². The lowest BCUT2D eigenvalue weighted by Crippen LogP contribution is -2.46. The molecule has 6 nitrogen and oxygen atoms in total. The number of hydrogen-bond donors (Lipinski definition) is 1. The lowest BCUT2D eigenvalue weighted by molar-refractivity contribution is -0.00123. The van der Waals surface area contributed by atoms with Crippen molar-refractivity contribution in [3.63, 3.8) is 0 Å². The van der Waals surface area contributed by atoms with Crippen molar-refractivity contribution in [1.29, 1.82) is 0 Å². The van der Waals surface area contributed by atoms with E-state index in [1.165, 1.54) is 0 Å². The van der Waals surface area contributed by atoms with Crippen LogP contribution >= 0.6 is 0 Å². The van der Waals surface area contributed by atoms with Crippen molar-refractivity contribution >= 4 is 15.9 Å². The van der Waals surface area contributed by atoms with E-state index < -0.39 is 81.1 Å². The van der Waals surface area contributed by atoms with Gasteiger partial charge < -0.3 is 9.74 Å². The molecule has 2 aromatic rings. The Bertz CT molecular complexity index is 1220. The molecular weight excluding hydrogens is 476 g/mol. The first-order chi connectivity index (χ1) is 15.4. The first-order valence-corrected chi connectivity index (χ1v) is 11.5. The molecule has 2 aliphatic rings. The molecule has 0 spiro atoms. The van der Waals surface area contributed by atoms with Crippen LogP contribution in [0.5, 0.6) is 0 Å². The number of oxime groups is 1. The summed E-state index contributed by atoms with van der Waals surface area (Å²) in [5.74, 6) is -7.91. The molecule has 33 heavy (non-hydrogen) atoms. The fourth-order valence-corrected chi connectivity index (χ4v) is 4.70. The number of nitrogens with zero attached hydrogens (tertiary/aromatic N) is 2. The fraction of sp³-hybridized carbons (Fsp3) is 0.350. The van der Waals surface area contributed by atoms with Gasteiger partial charge in [0.05, 0.1) is 24.8 Å². The van der Waals surface area contributed by atoms with Gasteiger partial charge in [-0.2, -0.15) is 0 Å². The number of rotatable bonds is 4. The molecule has 1 fully saturated rings. The summed E-state index contributed by atoms with van der Waals surface area (Å²) in [6, 6.07) is 2.55. The number of amidine groups is 1. The molecule has 1 unspecified atom stereocenters. The van der Waals surface area contributed by atoms with Crippen molar-refractivity contribution in [2.24, 2.45) is 5.16 Å². The summed E-state index contributed by atoms with van der Waals surface area (Å²) in [5.41, 5.74) is -2.02. The standard InChI is InChI=1S/C20H17F6N3O3S/c1-33(30,31)28-15-8-29(9-20(15,25)26)16-7-14(32-27-16)18-12(23)5-6-13(24)19(18)17-10(21)3-2-4-11(17)22/h2-6,14-15,28H,7-9H2,1H3/t14?,15-/m1/s1. The van der Waals surface area contributed by atoms with Gasteiger partial charge in [0.25, 0.3) is 5.92 Å². The molecule has 0 radical (unpaired) electrons. The fourth-order valence-electron chi connectivity index (χ4n) is 3.94. The highest BCUT2D eigenvalue weighted by Crippen LogP contribution is 2.41. The van der Waals surface area contributed by atoms with Crippen LogP contribution in [0.25, 0.3) is 11.1 Å². The Morgan fingerprint density at radius 2 is 1.64 bits per heavy atom. The number of sulfonamides is 1. The zero-order valence-corrected chi connectivity index (χ0v) is 17.8. The summed E-state index contributed by atoms with van der Waals surface area (Å²) in [7, 11) is -3.92. The number of benzene rings is 2. The van der Waals surface area contributed by atoms with Gasteiger partial charge in [-0.25, -0.2) is 39.5 Å². The second-order valence-electron chi connectivity index (χ2n) is 7.80. The topological polar surface area (TPSA) is 71.0 Å². The van der Waals surface area contributed by atoms with Crippen LogP contribution in [0, 0.1) is 23.3 Å². The molecule has 178 valence electrons. The third-order valence-electron chi connectivity index (χ3n) is 5.37. The van der Waals surface area contributed by atoms with Gasteiger partial charge in [0, 0.05) is 17.7 Å². The third kappa shape index (κ3) is 4.51. The van der Waals surface area contributed by atoms with E-state index in [0.717, 1.165) is 35.4 Å². The second-order valence-corrected chi connectivity index (χ2v) is 9.58. The highest BCUT2D eigenvalue weighted by Gasteiger charge is 2.51. The molecule has 13 heteroatoms. The quantitative estimate of drug-likeness (QED) is 0.662. The average Bonchev–Trinajstić information content (AvgIpc) is 3.28. The second kappa shape index (κ2) is 8.20. The van der Waals surface area contributed by atoms with Crippen molar-refractivity contribution in [2.75, 3.05) is 19.3 Å². The number of nitrogens with one attached hydrogen (secondary N) is 1. The molecule has 4 rings (SSSR count). The summed E-state index contributed by atoms with van der Waals surface area (Å²) < 4.78 is 111. The molecule has 2 atom stereocenters. The minimum absolute atomic E-state index is 0.0684. The van der Waals surface area contributed by atoms with Crippen LogP contribution in [0.1, 0.15) is 18.1 Å². The van der Waals surface area contributed by atoms with Crippen molar-refractivity contribution in [2.45, 2.75) is 24.5 Å². The number of likely N-dealkylation sites (tertiary alicyclic amines) is 1. The molecule has 2 aliphatic heterocycles. The molecule has 1 N–H and O–H groups in total. The molecule has 0 aromatic heterocycles. The van der Waals surface area contributed by atoms with Crippen molar-refractivity contribution in [3.8, 4) is 11.1 Å². The number of alkyl halides is 2. The smallest absolute Gasteiger partial charge is 0.282 e. The van der Waals surface area contributed by atoms with E-state index in [2.05, 4.69) is 5.16 Å². The first-order valence-electron chi connectivity index (χ1n) is 9.62. The minimum Gasteiger partial charge on any atom is -0.386 e. The SMILES string of the molecule is CS(=O)(=O)N[C@@H]1CN(C2=NOC(c3c(F)ccc(F)c3-c3c(F)cccc3F)C2)CC1(F)F. The number of hydrogen-bond acceptors (Lipinski definition) is 5. The molecule has 1 saturated heterocycles. The van der Waals surface area contributed by atoms with E-state index in [0.29, 0.717) is 6.07 Å². The maximum absolute atomic E-state index is 14.8. The Hall–Kier alpha value is -2.80. The average molecular weight is 493 g/mol. The van der Waals surface area contributed by atoms with Gasteiger partial charge in [0.15, 0.2) is 6.10 Å². The maximum atomic E-state index is 14.8. The van der Waals surface area contributed by atoms with E-state index in [1.54, 1.807) is 0 Å². The van der Waals surface area contributed by atoms with Crippen LogP contribution in [0.15, 0.2) is 35.5 Å². The van der Waals surface area contributed by atoms with Crippen LogP contribution in [0.2, 0.25) is 0 Å². The van der Waals surface area contributed by atoms with Gasteiger partial charge in [0.2, 0.25) is 10.0 Å². The van der Waals surface area contributed by atoms with E-state index in [-0.39, 0.29) is 12.3 Å². The molecule has 0 amide bonds. The van der Waals surface area contributed by atoms with Gasteiger partial charge in [0.1, 0.15) is 35.1 Å². The minimum atomic E-state index is -3.92. The normalized spacial score (nSPS) is 22.4. The predicted octanol–water partition coefficient (Wildman–Crippen LogP) is 3.55. The Labute approximate surface area is 184 Å². The van der Waals surface area contributed by atoms with Crippen LogP contribution in [-0.4, -0.2) is 50.5 Å². The molecule has 0 aliphatic carbocycles. The monoisotopic (exact) mass is 493 g/mol. The first kappa shape index (κ1) is 23.4. The van der Waals surface area contributed by atoms with Crippen molar-refractivity contribution in [1.82, 2.24) is 9.62 Å². The van der Waals surface area contributed by atoms with Crippen molar-refractivity contribution in [3.05, 3.63) is 59.2 Å². The van der Waals surface area contributed by atoms with E-state index in [1.807, 2.05) is 4.72 Å². The number of halogens is 6. The van der Waals surface area contributed by atoms with E-state index >= 15 is 0 Å². The van der Waals surface area contributed by atoms with Gasteiger partial charge in [-0.3, -0.25) is 0 Å².